The fraction of sp³-hybridized carbons (Fsp3) is 0.118. The highest BCUT2D eigenvalue weighted by Gasteiger charge is 2.16. The topological polar surface area (TPSA) is 93.1 Å². The lowest BCUT2D eigenvalue weighted by Crippen LogP contribution is -2.14. The third-order valence-corrected chi connectivity index (χ3v) is 3.97. The molecule has 1 N–H and O–H groups in total. The van der Waals surface area contributed by atoms with Gasteiger partial charge in [-0.2, -0.15) is 10.4 Å². The van der Waals surface area contributed by atoms with E-state index < -0.39 is 5.91 Å². The summed E-state index contributed by atoms with van der Waals surface area (Å²) in [6.07, 6.45) is 1.37. The van der Waals surface area contributed by atoms with E-state index in [4.69, 9.17) is 37.6 Å². The number of nitrogens with one attached hydrogen (secondary N) is 1. The van der Waals surface area contributed by atoms with Gasteiger partial charge in [-0.05, 0) is 30.3 Å². The zero-order chi connectivity index (χ0) is 18.7. The summed E-state index contributed by atoms with van der Waals surface area (Å²) >= 11 is 11.9. The molecule has 2 aromatic heterocycles. The molecule has 0 bridgehead atoms. The minimum Gasteiger partial charge on any atom is -0.484 e. The first-order valence-corrected chi connectivity index (χ1v) is 8.13. The monoisotopic (exact) mass is 390 g/mol. The number of aryl methyl sites for hydroxylation is 1. The first-order valence-electron chi connectivity index (χ1n) is 7.38. The summed E-state index contributed by atoms with van der Waals surface area (Å²) < 4.78 is 12.4. The lowest BCUT2D eigenvalue weighted by molar-refractivity contribution is 0.0991. The van der Waals surface area contributed by atoms with Gasteiger partial charge in [0.1, 0.15) is 35.6 Å². The Labute approximate surface area is 158 Å². The van der Waals surface area contributed by atoms with Crippen LogP contribution in [0.1, 0.15) is 21.9 Å². The Morgan fingerprint density at radius 3 is 2.92 bits per heavy atom. The molecular formula is C17H12Cl2N4O3. The first-order chi connectivity index (χ1) is 12.5. The molecule has 0 unspecified atom stereocenters. The number of halogens is 2. The third-order valence-electron chi connectivity index (χ3n) is 3.44. The van der Waals surface area contributed by atoms with Gasteiger partial charge < -0.3 is 14.5 Å². The SMILES string of the molecule is Cn1ncc(C#N)c1NC(=O)c1ccc(COc2ccc(Cl)cc2Cl)o1. The highest BCUT2D eigenvalue weighted by Crippen LogP contribution is 2.28. The van der Waals surface area contributed by atoms with Crippen molar-refractivity contribution >= 4 is 34.9 Å². The van der Waals surface area contributed by atoms with Gasteiger partial charge in [-0.3, -0.25) is 9.48 Å². The summed E-state index contributed by atoms with van der Waals surface area (Å²) in [5.74, 6) is 0.759. The highest BCUT2D eigenvalue weighted by molar-refractivity contribution is 6.35. The minimum absolute atomic E-state index is 0.0795. The Kier molecular flexibility index (Phi) is 5.16. The summed E-state index contributed by atoms with van der Waals surface area (Å²) in [5, 5.41) is 16.4. The van der Waals surface area contributed by atoms with Crippen LogP contribution in [0.3, 0.4) is 0 Å². The lowest BCUT2D eigenvalue weighted by Gasteiger charge is -2.06. The molecule has 0 atom stereocenters. The number of aromatic nitrogens is 2. The molecule has 0 saturated heterocycles. The standard InChI is InChI=1S/C17H12Cl2N4O3/c1-23-16(10(7-20)8-21-23)22-17(24)15-5-3-12(26-15)9-25-14-4-2-11(18)6-13(14)19/h2-6,8H,9H2,1H3,(H,22,24). The van der Waals surface area contributed by atoms with Crippen LogP contribution in [0.2, 0.25) is 10.0 Å². The second-order valence-corrected chi connectivity index (χ2v) is 6.07. The van der Waals surface area contributed by atoms with E-state index in [9.17, 15) is 4.79 Å². The Morgan fingerprint density at radius 1 is 1.38 bits per heavy atom. The maximum absolute atomic E-state index is 12.3. The van der Waals surface area contributed by atoms with Gasteiger partial charge in [0.15, 0.2) is 5.76 Å². The first kappa shape index (κ1) is 17.9. The van der Waals surface area contributed by atoms with E-state index in [2.05, 4.69) is 10.4 Å². The van der Waals surface area contributed by atoms with Crippen LogP contribution < -0.4 is 10.1 Å². The van der Waals surface area contributed by atoms with Crippen molar-refractivity contribution in [2.24, 2.45) is 7.05 Å². The molecule has 3 aromatic rings. The van der Waals surface area contributed by atoms with Gasteiger partial charge in [-0.15, -0.1) is 0 Å². The van der Waals surface area contributed by atoms with Crippen LogP contribution in [-0.2, 0) is 13.7 Å². The van der Waals surface area contributed by atoms with Gasteiger partial charge in [0.05, 0.1) is 11.2 Å². The van der Waals surface area contributed by atoms with E-state index in [0.29, 0.717) is 27.4 Å². The van der Waals surface area contributed by atoms with Crippen LogP contribution in [0.5, 0.6) is 5.75 Å². The zero-order valence-corrected chi connectivity index (χ0v) is 15.0. The molecule has 0 aliphatic rings. The molecule has 132 valence electrons. The van der Waals surface area contributed by atoms with Gasteiger partial charge in [-0.1, -0.05) is 23.2 Å². The Balaban J connectivity index is 1.66. The van der Waals surface area contributed by atoms with Crippen molar-refractivity contribution in [3.63, 3.8) is 0 Å². The third kappa shape index (κ3) is 3.82. The van der Waals surface area contributed by atoms with Gasteiger partial charge >= 0.3 is 0 Å². The number of hydrogen-bond donors (Lipinski definition) is 1. The van der Waals surface area contributed by atoms with Gasteiger partial charge in [0.2, 0.25) is 0 Å². The number of carbonyl (C=O) groups excluding carboxylic acids is 1. The predicted octanol–water partition coefficient (Wildman–Crippen LogP) is 4.02. The normalized spacial score (nSPS) is 10.4. The van der Waals surface area contributed by atoms with Crippen LogP contribution in [-0.4, -0.2) is 15.7 Å². The Morgan fingerprint density at radius 2 is 2.19 bits per heavy atom. The largest absolute Gasteiger partial charge is 0.484 e. The van der Waals surface area contributed by atoms with Crippen LogP contribution in [0.15, 0.2) is 40.9 Å². The number of hydrogen-bond acceptors (Lipinski definition) is 5. The molecule has 1 aromatic carbocycles. The molecule has 3 rings (SSSR count). The average molecular weight is 391 g/mol. The number of carbonyl (C=O) groups is 1. The van der Waals surface area contributed by atoms with E-state index in [0.717, 1.165) is 0 Å². The molecule has 7 nitrogen and oxygen atoms in total. The van der Waals surface area contributed by atoms with E-state index in [1.54, 1.807) is 31.3 Å². The van der Waals surface area contributed by atoms with Gasteiger partial charge in [0, 0.05) is 12.1 Å². The van der Waals surface area contributed by atoms with Crippen molar-refractivity contribution in [3.05, 3.63) is 63.7 Å². The van der Waals surface area contributed by atoms with Crippen LogP contribution in [0.25, 0.3) is 0 Å². The number of nitriles is 1. The van der Waals surface area contributed by atoms with Gasteiger partial charge in [0.25, 0.3) is 5.91 Å². The molecule has 0 fully saturated rings. The minimum atomic E-state index is -0.499. The van der Waals surface area contributed by atoms with E-state index in [-0.39, 0.29) is 17.9 Å². The quantitative estimate of drug-likeness (QED) is 0.709. The van der Waals surface area contributed by atoms with Crippen LogP contribution >= 0.6 is 23.2 Å². The fourth-order valence-corrected chi connectivity index (χ4v) is 2.62. The summed E-state index contributed by atoms with van der Waals surface area (Å²) in [4.78, 5) is 12.3. The van der Waals surface area contributed by atoms with E-state index >= 15 is 0 Å². The molecule has 2 heterocycles. The number of rotatable bonds is 5. The molecule has 9 heteroatoms. The number of nitrogens with zero attached hydrogens (tertiary/aromatic N) is 3. The maximum atomic E-state index is 12.3. The van der Waals surface area contributed by atoms with Crippen molar-refractivity contribution in [2.75, 3.05) is 5.32 Å². The number of amides is 1. The highest BCUT2D eigenvalue weighted by atomic mass is 35.5. The molecule has 26 heavy (non-hydrogen) atoms. The maximum Gasteiger partial charge on any atom is 0.292 e. The predicted molar refractivity (Wildman–Crippen MR) is 95.4 cm³/mol. The van der Waals surface area contributed by atoms with Crippen molar-refractivity contribution in [2.45, 2.75) is 6.61 Å². The number of furan rings is 1. The number of benzene rings is 1. The summed E-state index contributed by atoms with van der Waals surface area (Å²) in [5.41, 5.74) is 0.258. The van der Waals surface area contributed by atoms with Crippen molar-refractivity contribution in [1.29, 1.82) is 5.26 Å². The number of anilines is 1. The Bertz CT molecular complexity index is 1000. The van der Waals surface area contributed by atoms with E-state index in [1.807, 2.05) is 6.07 Å². The average Bonchev–Trinajstić information content (AvgIpc) is 3.22. The molecule has 0 saturated carbocycles. The molecule has 1 amide bonds. The lowest BCUT2D eigenvalue weighted by atomic mass is 10.3. The van der Waals surface area contributed by atoms with Crippen LogP contribution in [0.4, 0.5) is 5.82 Å². The second kappa shape index (κ2) is 7.52. The van der Waals surface area contributed by atoms with Gasteiger partial charge in [-0.25, -0.2) is 0 Å². The summed E-state index contributed by atoms with van der Waals surface area (Å²) in [7, 11) is 1.62. The summed E-state index contributed by atoms with van der Waals surface area (Å²) in [6.45, 7) is 0.0871. The fourth-order valence-electron chi connectivity index (χ4n) is 2.16. The molecule has 0 radical (unpaired) electrons. The smallest absolute Gasteiger partial charge is 0.292 e. The second-order valence-electron chi connectivity index (χ2n) is 5.23. The Hall–Kier alpha value is -2.95. The van der Waals surface area contributed by atoms with Crippen LogP contribution in [0, 0.1) is 11.3 Å². The molecule has 0 spiro atoms. The molecule has 0 aliphatic heterocycles. The van der Waals surface area contributed by atoms with Crippen molar-refractivity contribution < 1.29 is 13.9 Å². The van der Waals surface area contributed by atoms with Crippen molar-refractivity contribution in [1.82, 2.24) is 9.78 Å². The number of ether oxygens (including phenoxy) is 1. The van der Waals surface area contributed by atoms with E-state index in [1.165, 1.54) is 16.9 Å². The molecular weight excluding hydrogens is 379 g/mol. The summed E-state index contributed by atoms with van der Waals surface area (Å²) in [6, 6.07) is 9.96. The zero-order valence-electron chi connectivity index (χ0n) is 13.5. The van der Waals surface area contributed by atoms with Crippen molar-refractivity contribution in [3.8, 4) is 11.8 Å². The molecule has 0 aliphatic carbocycles.